The van der Waals surface area contributed by atoms with Crippen LogP contribution in [-0.4, -0.2) is 35.6 Å². The first-order valence-electron chi connectivity index (χ1n) is 4.86. The van der Waals surface area contributed by atoms with Gasteiger partial charge in [0.1, 0.15) is 0 Å². The zero-order valence-corrected chi connectivity index (χ0v) is 8.71. The van der Waals surface area contributed by atoms with Gasteiger partial charge >= 0.3 is 0 Å². The minimum absolute atomic E-state index is 0.134. The van der Waals surface area contributed by atoms with E-state index in [1.54, 1.807) is 19.0 Å². The topological polar surface area (TPSA) is 40.5 Å². The second-order valence-corrected chi connectivity index (χ2v) is 4.50. The molecular weight excluding hydrogens is 166 g/mol. The van der Waals surface area contributed by atoms with Crippen LogP contribution in [0.4, 0.5) is 0 Å². The average molecular weight is 185 g/mol. The van der Waals surface area contributed by atoms with Crippen LogP contribution in [0.3, 0.4) is 0 Å². The van der Waals surface area contributed by atoms with E-state index in [2.05, 4.69) is 0 Å². The summed E-state index contributed by atoms with van der Waals surface area (Å²) in [5, 5.41) is 9.69. The lowest BCUT2D eigenvalue weighted by Gasteiger charge is -2.33. The Morgan fingerprint density at radius 2 is 1.85 bits per heavy atom. The van der Waals surface area contributed by atoms with E-state index in [1.165, 1.54) is 0 Å². The van der Waals surface area contributed by atoms with Crippen molar-refractivity contribution in [1.29, 1.82) is 0 Å². The molecule has 0 saturated heterocycles. The molecule has 1 amide bonds. The van der Waals surface area contributed by atoms with Crippen molar-refractivity contribution in [1.82, 2.24) is 4.90 Å². The first-order chi connectivity index (χ1) is 5.92. The van der Waals surface area contributed by atoms with E-state index in [1.807, 2.05) is 6.92 Å². The third kappa shape index (κ3) is 2.69. The minimum atomic E-state index is -0.539. The number of carbonyl (C=O) groups is 1. The van der Waals surface area contributed by atoms with Gasteiger partial charge in [0.15, 0.2) is 0 Å². The summed E-state index contributed by atoms with van der Waals surface area (Å²) in [6.07, 6.45) is 3.14. The van der Waals surface area contributed by atoms with Crippen LogP contribution in [-0.2, 0) is 4.79 Å². The number of hydrogen-bond acceptors (Lipinski definition) is 2. The fourth-order valence-electron chi connectivity index (χ4n) is 1.85. The van der Waals surface area contributed by atoms with Crippen LogP contribution in [0.5, 0.6) is 0 Å². The van der Waals surface area contributed by atoms with Crippen LogP contribution >= 0.6 is 0 Å². The van der Waals surface area contributed by atoms with E-state index in [0.717, 1.165) is 25.7 Å². The molecule has 0 aliphatic heterocycles. The van der Waals surface area contributed by atoms with Gasteiger partial charge in [0.2, 0.25) is 5.91 Å². The van der Waals surface area contributed by atoms with Gasteiger partial charge in [-0.05, 0) is 32.6 Å². The minimum Gasteiger partial charge on any atom is -0.390 e. The van der Waals surface area contributed by atoms with E-state index < -0.39 is 5.60 Å². The van der Waals surface area contributed by atoms with Crippen LogP contribution in [0.1, 0.15) is 32.6 Å². The number of nitrogens with zero attached hydrogens (tertiary/aromatic N) is 1. The summed E-state index contributed by atoms with van der Waals surface area (Å²) in [6, 6.07) is 0. The van der Waals surface area contributed by atoms with Crippen molar-refractivity contribution in [3.63, 3.8) is 0 Å². The average Bonchev–Trinajstić information content (AvgIpc) is 2.03. The third-order valence-corrected chi connectivity index (χ3v) is 2.85. The van der Waals surface area contributed by atoms with Crippen molar-refractivity contribution in [3.8, 4) is 0 Å². The quantitative estimate of drug-likeness (QED) is 0.662. The highest BCUT2D eigenvalue weighted by Crippen LogP contribution is 2.32. The van der Waals surface area contributed by atoms with Crippen LogP contribution in [0.2, 0.25) is 0 Å². The molecule has 0 aromatic carbocycles. The van der Waals surface area contributed by atoms with Crippen LogP contribution in [0.15, 0.2) is 0 Å². The van der Waals surface area contributed by atoms with Crippen LogP contribution in [0, 0.1) is 5.92 Å². The van der Waals surface area contributed by atoms with Crippen molar-refractivity contribution in [2.75, 3.05) is 14.1 Å². The Hall–Kier alpha value is -0.570. The summed E-state index contributed by atoms with van der Waals surface area (Å²) in [7, 11) is 3.57. The summed E-state index contributed by atoms with van der Waals surface area (Å²) >= 11 is 0. The predicted octanol–water partition coefficient (Wildman–Crippen LogP) is 1.02. The van der Waals surface area contributed by atoms with E-state index in [4.69, 9.17) is 0 Å². The molecule has 1 aliphatic rings. The predicted molar refractivity (Wildman–Crippen MR) is 51.3 cm³/mol. The molecule has 1 fully saturated rings. The molecule has 0 bridgehead atoms. The molecule has 0 aromatic rings. The Kier molecular flexibility index (Phi) is 2.96. The second kappa shape index (κ2) is 3.66. The Morgan fingerprint density at radius 3 is 2.23 bits per heavy atom. The maximum Gasteiger partial charge on any atom is 0.225 e. The molecule has 0 spiro atoms. The molecule has 0 atom stereocenters. The van der Waals surface area contributed by atoms with E-state index in [9.17, 15) is 9.90 Å². The molecule has 1 rings (SSSR count). The van der Waals surface area contributed by atoms with E-state index in [0.29, 0.717) is 0 Å². The Morgan fingerprint density at radius 1 is 1.38 bits per heavy atom. The lowest BCUT2D eigenvalue weighted by molar-refractivity contribution is -0.135. The van der Waals surface area contributed by atoms with Crippen molar-refractivity contribution >= 4 is 5.91 Å². The maximum absolute atomic E-state index is 11.6. The number of carbonyl (C=O) groups excluding carboxylic acids is 1. The lowest BCUT2D eigenvalue weighted by Crippen LogP contribution is -2.37. The van der Waals surface area contributed by atoms with Gasteiger partial charge in [-0.1, -0.05) is 0 Å². The first-order valence-corrected chi connectivity index (χ1v) is 4.86. The van der Waals surface area contributed by atoms with E-state index >= 15 is 0 Å². The fraction of sp³-hybridized carbons (Fsp3) is 0.900. The van der Waals surface area contributed by atoms with Gasteiger partial charge in [-0.2, -0.15) is 0 Å². The van der Waals surface area contributed by atoms with Crippen LogP contribution in [0.25, 0.3) is 0 Å². The molecule has 1 saturated carbocycles. The van der Waals surface area contributed by atoms with Gasteiger partial charge in [-0.3, -0.25) is 4.79 Å². The molecule has 76 valence electrons. The van der Waals surface area contributed by atoms with Crippen molar-refractivity contribution in [3.05, 3.63) is 0 Å². The zero-order valence-electron chi connectivity index (χ0n) is 8.71. The summed E-state index contributed by atoms with van der Waals surface area (Å²) in [5.41, 5.74) is -0.539. The zero-order chi connectivity index (χ0) is 10.1. The molecule has 0 unspecified atom stereocenters. The number of aliphatic hydroxyl groups is 1. The SMILES string of the molecule is CN(C)C(=O)[C@H]1CC[C@@](C)(O)CC1. The molecule has 0 aromatic heterocycles. The molecule has 1 N–H and O–H groups in total. The van der Waals surface area contributed by atoms with Gasteiger partial charge < -0.3 is 10.0 Å². The largest absolute Gasteiger partial charge is 0.390 e. The summed E-state index contributed by atoms with van der Waals surface area (Å²) in [5.74, 6) is 0.339. The van der Waals surface area contributed by atoms with E-state index in [-0.39, 0.29) is 11.8 Å². The molecular formula is C10H19NO2. The normalized spacial score (nSPS) is 34.3. The Balaban J connectivity index is 2.46. The first kappa shape index (κ1) is 10.5. The highest BCUT2D eigenvalue weighted by Gasteiger charge is 2.32. The third-order valence-electron chi connectivity index (χ3n) is 2.85. The monoisotopic (exact) mass is 185 g/mol. The highest BCUT2D eigenvalue weighted by molar-refractivity contribution is 5.78. The van der Waals surface area contributed by atoms with Gasteiger partial charge in [0, 0.05) is 20.0 Å². The molecule has 3 nitrogen and oxygen atoms in total. The number of amides is 1. The lowest BCUT2D eigenvalue weighted by atomic mass is 9.79. The van der Waals surface area contributed by atoms with Crippen molar-refractivity contribution < 1.29 is 9.90 Å². The van der Waals surface area contributed by atoms with Gasteiger partial charge in [0.05, 0.1) is 5.60 Å². The van der Waals surface area contributed by atoms with Crippen LogP contribution < -0.4 is 0 Å². The van der Waals surface area contributed by atoms with Crippen molar-refractivity contribution in [2.45, 2.75) is 38.2 Å². The van der Waals surface area contributed by atoms with Gasteiger partial charge in [0.25, 0.3) is 0 Å². The molecule has 13 heavy (non-hydrogen) atoms. The Bertz CT molecular complexity index is 189. The smallest absolute Gasteiger partial charge is 0.225 e. The van der Waals surface area contributed by atoms with Gasteiger partial charge in [-0.15, -0.1) is 0 Å². The van der Waals surface area contributed by atoms with Crippen molar-refractivity contribution in [2.24, 2.45) is 5.92 Å². The number of hydrogen-bond donors (Lipinski definition) is 1. The highest BCUT2D eigenvalue weighted by atomic mass is 16.3. The standard InChI is InChI=1S/C10H19NO2/c1-10(13)6-4-8(5-7-10)9(12)11(2)3/h8,13H,4-7H2,1-3H3/t8-,10+. The molecule has 0 radical (unpaired) electrons. The maximum atomic E-state index is 11.6. The molecule has 3 heteroatoms. The fourth-order valence-corrected chi connectivity index (χ4v) is 1.85. The summed E-state index contributed by atoms with van der Waals surface area (Å²) in [4.78, 5) is 13.2. The summed E-state index contributed by atoms with van der Waals surface area (Å²) in [6.45, 7) is 1.85. The molecule has 1 aliphatic carbocycles. The summed E-state index contributed by atoms with van der Waals surface area (Å²) < 4.78 is 0. The number of rotatable bonds is 1. The Labute approximate surface area is 79.7 Å². The molecule has 0 heterocycles. The van der Waals surface area contributed by atoms with Gasteiger partial charge in [-0.25, -0.2) is 0 Å². The second-order valence-electron chi connectivity index (χ2n) is 4.50.